The van der Waals surface area contributed by atoms with Crippen LogP contribution in [-0.2, 0) is 4.74 Å². The van der Waals surface area contributed by atoms with Crippen LogP contribution >= 0.6 is 0 Å². The van der Waals surface area contributed by atoms with E-state index in [9.17, 15) is 9.59 Å². The number of nitrogens with one attached hydrogen (secondary N) is 2. The molecule has 2 N–H and O–H groups in total. The number of pyridine rings is 1. The predicted octanol–water partition coefficient (Wildman–Crippen LogP) is 0.00230. The number of fused-ring (bicyclic) bond motifs is 1. The molecule has 122 valence electrons. The summed E-state index contributed by atoms with van der Waals surface area (Å²) >= 11 is 0. The molecule has 3 rings (SSSR count). The fourth-order valence-electron chi connectivity index (χ4n) is 3.65. The molecule has 23 heavy (non-hydrogen) atoms. The van der Waals surface area contributed by atoms with Gasteiger partial charge >= 0.3 is 0 Å². The SMILES string of the molecule is Cc1[nH]c(=O)c(C#N)cc1C(=O)N[C@H]1[C@H]2CCO[C@H]2[C@@H]1N(C)C. The lowest BCUT2D eigenvalue weighted by Crippen LogP contribution is -2.69. The van der Waals surface area contributed by atoms with Gasteiger partial charge in [-0.1, -0.05) is 0 Å². The van der Waals surface area contributed by atoms with Crippen LogP contribution in [0.2, 0.25) is 0 Å². The number of nitriles is 1. The van der Waals surface area contributed by atoms with E-state index in [0.717, 1.165) is 13.0 Å². The molecule has 0 aromatic carbocycles. The van der Waals surface area contributed by atoms with Gasteiger partial charge in [0.15, 0.2) is 0 Å². The Morgan fingerprint density at radius 1 is 1.52 bits per heavy atom. The number of amides is 1. The van der Waals surface area contributed by atoms with Gasteiger partial charge in [0.25, 0.3) is 11.5 Å². The minimum Gasteiger partial charge on any atom is -0.376 e. The quantitative estimate of drug-likeness (QED) is 0.818. The summed E-state index contributed by atoms with van der Waals surface area (Å²) in [5, 5.41) is 12.0. The van der Waals surface area contributed by atoms with Gasteiger partial charge < -0.3 is 19.9 Å². The van der Waals surface area contributed by atoms with E-state index in [4.69, 9.17) is 10.00 Å². The standard InChI is InChI=1S/C16H20N4O3/c1-8-11(6-9(7-17)15(21)18-8)16(22)19-12-10-4-5-23-14(10)13(12)20(2)3/h6,10,12-14H,4-5H2,1-3H3,(H,18,21)(H,19,22)/t10-,12+,13-,14-/m1/s1. The fraction of sp³-hybridized carbons (Fsp3) is 0.562. The van der Waals surface area contributed by atoms with Crippen LogP contribution in [0.25, 0.3) is 0 Å². The molecule has 4 atom stereocenters. The number of nitrogens with zero attached hydrogens (tertiary/aromatic N) is 2. The number of H-pyrrole nitrogens is 1. The highest BCUT2D eigenvalue weighted by Gasteiger charge is 2.55. The molecule has 1 aromatic rings. The van der Waals surface area contributed by atoms with E-state index < -0.39 is 5.56 Å². The smallest absolute Gasteiger partial charge is 0.266 e. The number of rotatable bonds is 3. The summed E-state index contributed by atoms with van der Waals surface area (Å²) in [5.74, 6) is 0.0577. The third-order valence-electron chi connectivity index (χ3n) is 4.85. The van der Waals surface area contributed by atoms with Crippen molar-refractivity contribution in [3.63, 3.8) is 0 Å². The molecule has 0 unspecified atom stereocenters. The number of likely N-dealkylation sites (N-methyl/N-ethyl adjacent to an activating group) is 1. The number of carbonyl (C=O) groups is 1. The monoisotopic (exact) mass is 316 g/mol. The van der Waals surface area contributed by atoms with E-state index in [1.807, 2.05) is 20.2 Å². The first-order chi connectivity index (χ1) is 10.9. The topological polar surface area (TPSA) is 98.2 Å². The highest BCUT2D eigenvalue weighted by molar-refractivity contribution is 5.95. The molecule has 1 amide bonds. The van der Waals surface area contributed by atoms with Gasteiger partial charge in [-0.2, -0.15) is 5.26 Å². The van der Waals surface area contributed by atoms with Crippen molar-refractivity contribution in [1.29, 1.82) is 5.26 Å². The highest BCUT2D eigenvalue weighted by atomic mass is 16.5. The number of hydrogen-bond donors (Lipinski definition) is 2. The maximum absolute atomic E-state index is 12.6. The summed E-state index contributed by atoms with van der Waals surface area (Å²) in [7, 11) is 3.95. The van der Waals surface area contributed by atoms with E-state index in [1.165, 1.54) is 6.07 Å². The van der Waals surface area contributed by atoms with Crippen LogP contribution < -0.4 is 10.9 Å². The number of aromatic nitrogens is 1. The molecular weight excluding hydrogens is 296 g/mol. The second-order valence-electron chi connectivity index (χ2n) is 6.40. The van der Waals surface area contributed by atoms with Crippen LogP contribution in [0.3, 0.4) is 0 Å². The normalized spacial score (nSPS) is 28.8. The lowest BCUT2D eigenvalue weighted by atomic mass is 9.71. The number of ether oxygens (including phenoxy) is 1. The molecule has 1 aromatic heterocycles. The van der Waals surface area contributed by atoms with Crippen LogP contribution in [0.15, 0.2) is 10.9 Å². The third-order valence-corrected chi connectivity index (χ3v) is 4.85. The van der Waals surface area contributed by atoms with Crippen molar-refractivity contribution in [1.82, 2.24) is 15.2 Å². The third kappa shape index (κ3) is 2.54. The van der Waals surface area contributed by atoms with Gasteiger partial charge in [-0.25, -0.2) is 0 Å². The van der Waals surface area contributed by atoms with E-state index in [1.54, 1.807) is 6.92 Å². The van der Waals surface area contributed by atoms with Crippen LogP contribution in [0.5, 0.6) is 0 Å². The molecule has 0 radical (unpaired) electrons. The summed E-state index contributed by atoms with van der Waals surface area (Å²) in [4.78, 5) is 28.8. The first kappa shape index (κ1) is 15.7. The fourth-order valence-corrected chi connectivity index (χ4v) is 3.65. The van der Waals surface area contributed by atoms with Gasteiger partial charge in [0.05, 0.1) is 23.8 Å². The van der Waals surface area contributed by atoms with E-state index in [2.05, 4.69) is 15.2 Å². The Morgan fingerprint density at radius 3 is 2.91 bits per heavy atom. The average Bonchev–Trinajstić information content (AvgIpc) is 2.88. The zero-order chi connectivity index (χ0) is 16.7. The molecular formula is C16H20N4O3. The summed E-state index contributed by atoms with van der Waals surface area (Å²) < 4.78 is 5.74. The number of aryl methyl sites for hydroxylation is 1. The average molecular weight is 316 g/mol. The minimum atomic E-state index is -0.472. The van der Waals surface area contributed by atoms with Gasteiger partial charge in [-0.05, 0) is 33.5 Å². The Labute approximate surface area is 134 Å². The van der Waals surface area contributed by atoms with Crippen molar-refractivity contribution in [3.05, 3.63) is 33.2 Å². The molecule has 1 saturated heterocycles. The van der Waals surface area contributed by atoms with Crippen molar-refractivity contribution < 1.29 is 9.53 Å². The summed E-state index contributed by atoms with van der Waals surface area (Å²) in [5.41, 5.74) is 0.272. The maximum atomic E-state index is 12.6. The summed E-state index contributed by atoms with van der Waals surface area (Å²) in [6.45, 7) is 2.38. The molecule has 1 saturated carbocycles. The first-order valence-electron chi connectivity index (χ1n) is 7.67. The Balaban J connectivity index is 1.82. The molecule has 2 aliphatic rings. The number of aromatic amines is 1. The predicted molar refractivity (Wildman–Crippen MR) is 83.1 cm³/mol. The molecule has 1 aliphatic carbocycles. The largest absolute Gasteiger partial charge is 0.376 e. The Morgan fingerprint density at radius 2 is 2.26 bits per heavy atom. The molecule has 2 fully saturated rings. The van der Waals surface area contributed by atoms with Crippen LogP contribution in [0.1, 0.15) is 28.0 Å². The van der Waals surface area contributed by atoms with E-state index in [-0.39, 0.29) is 29.7 Å². The number of hydrogen-bond acceptors (Lipinski definition) is 5. The molecule has 2 heterocycles. The second-order valence-corrected chi connectivity index (χ2v) is 6.40. The van der Waals surface area contributed by atoms with Gasteiger partial charge in [-0.15, -0.1) is 0 Å². The highest BCUT2D eigenvalue weighted by Crippen LogP contribution is 2.41. The lowest BCUT2D eigenvalue weighted by Gasteiger charge is -2.50. The van der Waals surface area contributed by atoms with Crippen LogP contribution in [-0.4, -0.2) is 54.7 Å². The Bertz CT molecular complexity index is 734. The zero-order valence-corrected chi connectivity index (χ0v) is 13.4. The second kappa shape index (κ2) is 5.80. The van der Waals surface area contributed by atoms with Crippen LogP contribution in [0, 0.1) is 24.2 Å². The molecule has 0 spiro atoms. The lowest BCUT2D eigenvalue weighted by molar-refractivity contribution is -0.0664. The summed E-state index contributed by atoms with van der Waals surface area (Å²) in [6.07, 6.45) is 1.11. The van der Waals surface area contributed by atoms with Crippen molar-refractivity contribution in [2.24, 2.45) is 5.92 Å². The van der Waals surface area contributed by atoms with Crippen molar-refractivity contribution in [2.75, 3.05) is 20.7 Å². The zero-order valence-electron chi connectivity index (χ0n) is 13.4. The van der Waals surface area contributed by atoms with Gasteiger partial charge in [0.1, 0.15) is 11.6 Å². The first-order valence-corrected chi connectivity index (χ1v) is 7.67. The van der Waals surface area contributed by atoms with Gasteiger partial charge in [-0.3, -0.25) is 9.59 Å². The van der Waals surface area contributed by atoms with Crippen LogP contribution in [0.4, 0.5) is 0 Å². The Hall–Kier alpha value is -2.17. The van der Waals surface area contributed by atoms with Crippen molar-refractivity contribution in [3.8, 4) is 6.07 Å². The minimum absolute atomic E-state index is 0.0156. The molecule has 0 bridgehead atoms. The maximum Gasteiger partial charge on any atom is 0.266 e. The Kier molecular flexibility index (Phi) is 3.96. The molecule has 7 heteroatoms. The molecule has 1 aliphatic heterocycles. The van der Waals surface area contributed by atoms with E-state index in [0.29, 0.717) is 17.2 Å². The number of carbonyl (C=O) groups excluding carboxylic acids is 1. The van der Waals surface area contributed by atoms with Crippen molar-refractivity contribution >= 4 is 5.91 Å². The van der Waals surface area contributed by atoms with E-state index >= 15 is 0 Å². The van der Waals surface area contributed by atoms with Crippen molar-refractivity contribution in [2.45, 2.75) is 31.5 Å². The summed E-state index contributed by atoms with van der Waals surface area (Å²) in [6, 6.07) is 3.33. The van der Waals surface area contributed by atoms with Gasteiger partial charge in [0, 0.05) is 18.2 Å². The molecule has 7 nitrogen and oxygen atoms in total. The van der Waals surface area contributed by atoms with Gasteiger partial charge in [0.2, 0.25) is 0 Å².